The molecule has 0 aliphatic heterocycles. The highest BCUT2D eigenvalue weighted by molar-refractivity contribution is 5.77. The lowest BCUT2D eigenvalue weighted by Gasteiger charge is -2.02. The molecule has 0 N–H and O–H groups in total. The number of rotatable bonds is 2. The molecule has 0 aliphatic carbocycles. The Bertz CT molecular complexity index is 646. The molecule has 17 heavy (non-hydrogen) atoms. The fraction of sp³-hybridized carbons (Fsp3) is 0.0769. The fourth-order valence-corrected chi connectivity index (χ4v) is 1.74. The van der Waals surface area contributed by atoms with E-state index in [4.69, 9.17) is 4.74 Å². The minimum absolute atomic E-state index is 0.783. The van der Waals surface area contributed by atoms with Crippen LogP contribution in [-0.2, 0) is 0 Å². The van der Waals surface area contributed by atoms with Gasteiger partial charge in [-0.05, 0) is 30.3 Å². The van der Waals surface area contributed by atoms with E-state index in [1.807, 2.05) is 42.5 Å². The molecule has 1 aromatic heterocycles. The first-order chi connectivity index (χ1) is 8.38. The number of aromatic nitrogens is 3. The zero-order chi connectivity index (χ0) is 11.7. The molecule has 0 saturated carbocycles. The largest absolute Gasteiger partial charge is 0.497 e. The minimum atomic E-state index is 0.783. The van der Waals surface area contributed by atoms with Crippen LogP contribution >= 0.6 is 0 Å². The number of fused-ring (bicyclic) bond motifs is 1. The SMILES string of the molecule is COc1ccc2c(c1)nnn2-c1cc[c]cc1. The van der Waals surface area contributed by atoms with Gasteiger partial charge in [-0.3, -0.25) is 0 Å². The van der Waals surface area contributed by atoms with E-state index in [0.717, 1.165) is 22.5 Å². The van der Waals surface area contributed by atoms with Crippen molar-refractivity contribution < 1.29 is 4.74 Å². The minimum Gasteiger partial charge on any atom is -0.497 e. The van der Waals surface area contributed by atoms with E-state index in [2.05, 4.69) is 16.4 Å². The standard InChI is InChI=1S/C13H10N3O/c1-17-11-7-8-13-12(9-11)14-15-16(13)10-5-3-2-4-6-10/h3-9H,1H3. The Balaban J connectivity index is 2.19. The topological polar surface area (TPSA) is 39.9 Å². The zero-order valence-corrected chi connectivity index (χ0v) is 9.29. The number of benzene rings is 2. The molecule has 83 valence electrons. The van der Waals surface area contributed by atoms with Gasteiger partial charge >= 0.3 is 0 Å². The summed E-state index contributed by atoms with van der Waals surface area (Å²) in [6.45, 7) is 0. The normalized spacial score (nSPS) is 10.6. The highest BCUT2D eigenvalue weighted by Gasteiger charge is 2.06. The highest BCUT2D eigenvalue weighted by atomic mass is 16.5. The molecule has 1 heterocycles. The molecular formula is C13H10N3O. The van der Waals surface area contributed by atoms with Crippen LogP contribution in [0.15, 0.2) is 42.5 Å². The van der Waals surface area contributed by atoms with Crippen LogP contribution in [0.5, 0.6) is 5.75 Å². The Hall–Kier alpha value is -2.36. The van der Waals surface area contributed by atoms with Crippen molar-refractivity contribution in [3.05, 3.63) is 48.5 Å². The molecule has 3 rings (SSSR count). The fourth-order valence-electron chi connectivity index (χ4n) is 1.74. The van der Waals surface area contributed by atoms with Crippen LogP contribution in [0.3, 0.4) is 0 Å². The van der Waals surface area contributed by atoms with Gasteiger partial charge in [-0.2, -0.15) is 0 Å². The van der Waals surface area contributed by atoms with Gasteiger partial charge in [0.2, 0.25) is 0 Å². The summed E-state index contributed by atoms with van der Waals surface area (Å²) < 4.78 is 6.95. The molecular weight excluding hydrogens is 214 g/mol. The van der Waals surface area contributed by atoms with Crippen LogP contribution in [0.2, 0.25) is 0 Å². The van der Waals surface area contributed by atoms with Gasteiger partial charge in [-0.1, -0.05) is 17.3 Å². The summed E-state index contributed by atoms with van der Waals surface area (Å²) in [7, 11) is 1.64. The third-order valence-corrected chi connectivity index (χ3v) is 2.60. The molecule has 0 aliphatic rings. The van der Waals surface area contributed by atoms with Gasteiger partial charge in [0.25, 0.3) is 0 Å². The van der Waals surface area contributed by atoms with Crippen LogP contribution in [0, 0.1) is 6.07 Å². The van der Waals surface area contributed by atoms with E-state index in [-0.39, 0.29) is 0 Å². The average molecular weight is 224 g/mol. The van der Waals surface area contributed by atoms with Crippen LogP contribution in [0.1, 0.15) is 0 Å². The van der Waals surface area contributed by atoms with Crippen molar-refractivity contribution in [2.24, 2.45) is 0 Å². The maximum absolute atomic E-state index is 5.16. The van der Waals surface area contributed by atoms with Gasteiger partial charge in [-0.15, -0.1) is 5.10 Å². The quantitative estimate of drug-likeness (QED) is 0.670. The Morgan fingerprint density at radius 2 is 2.00 bits per heavy atom. The second kappa shape index (κ2) is 3.90. The predicted molar refractivity (Wildman–Crippen MR) is 64.3 cm³/mol. The summed E-state index contributed by atoms with van der Waals surface area (Å²) in [6.07, 6.45) is 0. The lowest BCUT2D eigenvalue weighted by molar-refractivity contribution is 0.415. The van der Waals surface area contributed by atoms with Crippen molar-refractivity contribution >= 4 is 11.0 Å². The van der Waals surface area contributed by atoms with Crippen molar-refractivity contribution in [1.82, 2.24) is 15.0 Å². The second-order valence-electron chi connectivity index (χ2n) is 3.61. The monoisotopic (exact) mass is 224 g/mol. The van der Waals surface area contributed by atoms with Crippen molar-refractivity contribution in [3.8, 4) is 11.4 Å². The summed E-state index contributed by atoms with van der Waals surface area (Å²) in [4.78, 5) is 0. The molecule has 0 saturated heterocycles. The van der Waals surface area contributed by atoms with Crippen LogP contribution in [0.25, 0.3) is 16.7 Å². The first kappa shape index (κ1) is 9.84. The van der Waals surface area contributed by atoms with Gasteiger partial charge in [0.1, 0.15) is 11.3 Å². The maximum Gasteiger partial charge on any atom is 0.121 e. The molecule has 0 fully saturated rings. The van der Waals surface area contributed by atoms with Crippen LogP contribution in [0.4, 0.5) is 0 Å². The second-order valence-corrected chi connectivity index (χ2v) is 3.61. The van der Waals surface area contributed by atoms with Gasteiger partial charge < -0.3 is 4.74 Å². The maximum atomic E-state index is 5.16. The molecule has 2 aromatic carbocycles. The van der Waals surface area contributed by atoms with E-state index in [1.54, 1.807) is 11.8 Å². The number of methoxy groups -OCH3 is 1. The summed E-state index contributed by atoms with van der Waals surface area (Å²) >= 11 is 0. The zero-order valence-electron chi connectivity index (χ0n) is 9.29. The van der Waals surface area contributed by atoms with Crippen molar-refractivity contribution in [1.29, 1.82) is 0 Å². The van der Waals surface area contributed by atoms with Crippen molar-refractivity contribution in [3.63, 3.8) is 0 Å². The van der Waals surface area contributed by atoms with Gasteiger partial charge in [0.15, 0.2) is 0 Å². The molecule has 4 nitrogen and oxygen atoms in total. The number of hydrogen-bond acceptors (Lipinski definition) is 3. The first-order valence-corrected chi connectivity index (χ1v) is 5.24. The lowest BCUT2D eigenvalue weighted by Crippen LogP contribution is -1.95. The number of ether oxygens (including phenoxy) is 1. The number of hydrogen-bond donors (Lipinski definition) is 0. The summed E-state index contributed by atoms with van der Waals surface area (Å²) in [5, 5.41) is 8.26. The number of nitrogens with zero attached hydrogens (tertiary/aromatic N) is 3. The Labute approximate surface area is 98.4 Å². The molecule has 0 amide bonds. The highest BCUT2D eigenvalue weighted by Crippen LogP contribution is 2.20. The molecule has 0 atom stereocenters. The Kier molecular flexibility index (Phi) is 2.26. The summed E-state index contributed by atoms with van der Waals surface area (Å²) in [6, 6.07) is 16.3. The van der Waals surface area contributed by atoms with E-state index in [0.29, 0.717) is 0 Å². The summed E-state index contributed by atoms with van der Waals surface area (Å²) in [5.74, 6) is 0.783. The first-order valence-electron chi connectivity index (χ1n) is 5.24. The van der Waals surface area contributed by atoms with Gasteiger partial charge in [-0.25, -0.2) is 4.68 Å². The Morgan fingerprint density at radius 3 is 2.76 bits per heavy atom. The van der Waals surface area contributed by atoms with E-state index in [9.17, 15) is 0 Å². The molecule has 0 unspecified atom stereocenters. The third kappa shape index (κ3) is 1.63. The van der Waals surface area contributed by atoms with Gasteiger partial charge in [0, 0.05) is 6.07 Å². The molecule has 0 spiro atoms. The third-order valence-electron chi connectivity index (χ3n) is 2.60. The van der Waals surface area contributed by atoms with Crippen LogP contribution in [-0.4, -0.2) is 22.1 Å². The smallest absolute Gasteiger partial charge is 0.121 e. The lowest BCUT2D eigenvalue weighted by atomic mass is 10.2. The van der Waals surface area contributed by atoms with Crippen molar-refractivity contribution in [2.45, 2.75) is 0 Å². The average Bonchev–Trinajstić information content (AvgIpc) is 2.82. The van der Waals surface area contributed by atoms with Crippen molar-refractivity contribution in [2.75, 3.05) is 7.11 Å². The van der Waals surface area contributed by atoms with E-state index in [1.165, 1.54) is 0 Å². The Morgan fingerprint density at radius 1 is 1.18 bits per heavy atom. The molecule has 3 aromatic rings. The molecule has 0 bridgehead atoms. The summed E-state index contributed by atoms with van der Waals surface area (Å²) in [5.41, 5.74) is 2.74. The van der Waals surface area contributed by atoms with Crippen LogP contribution < -0.4 is 4.74 Å². The van der Waals surface area contributed by atoms with E-state index < -0.39 is 0 Å². The molecule has 1 radical (unpaired) electrons. The van der Waals surface area contributed by atoms with Gasteiger partial charge in [0.05, 0.1) is 18.3 Å². The predicted octanol–water partition coefficient (Wildman–Crippen LogP) is 2.23. The van der Waals surface area contributed by atoms with E-state index >= 15 is 0 Å². The molecule has 4 heteroatoms.